The van der Waals surface area contributed by atoms with Gasteiger partial charge in [0.15, 0.2) is 0 Å². The number of anilines is 1. The molecule has 1 saturated carbocycles. The summed E-state index contributed by atoms with van der Waals surface area (Å²) in [6.45, 7) is 1.98. The molecule has 1 atom stereocenters. The lowest BCUT2D eigenvalue weighted by molar-refractivity contribution is 0.597. The van der Waals surface area contributed by atoms with Crippen molar-refractivity contribution < 1.29 is 8.42 Å². The Balaban J connectivity index is 2.17. The average molecular weight is 318 g/mol. The Bertz CT molecular complexity index is 495. The summed E-state index contributed by atoms with van der Waals surface area (Å²) in [5.74, 6) is 0.610. The zero-order valence-corrected chi connectivity index (χ0v) is 12.1. The first-order valence-electron chi connectivity index (χ1n) is 5.71. The van der Waals surface area contributed by atoms with Crippen molar-refractivity contribution in [2.24, 2.45) is 5.92 Å². The van der Waals surface area contributed by atoms with Gasteiger partial charge in [0.25, 0.3) is 0 Å². The molecule has 0 radical (unpaired) electrons. The minimum atomic E-state index is -3.20. The van der Waals surface area contributed by atoms with Gasteiger partial charge in [0.2, 0.25) is 10.0 Å². The van der Waals surface area contributed by atoms with Gasteiger partial charge in [0.05, 0.1) is 11.4 Å². The second-order valence-corrected chi connectivity index (χ2v) is 7.67. The van der Waals surface area contributed by atoms with Gasteiger partial charge < -0.3 is 0 Å². The molecular weight excluding hydrogens is 302 g/mol. The lowest BCUT2D eigenvalue weighted by atomic mass is 10.1. The molecule has 0 heterocycles. The number of hydrogen-bond acceptors (Lipinski definition) is 2. The molecule has 17 heavy (non-hydrogen) atoms. The lowest BCUT2D eigenvalue weighted by Gasteiger charge is -2.13. The van der Waals surface area contributed by atoms with E-state index in [-0.39, 0.29) is 10.6 Å². The fraction of sp³-hybridized carbons (Fsp3) is 0.500. The van der Waals surface area contributed by atoms with Crippen LogP contribution in [0.4, 0.5) is 5.69 Å². The van der Waals surface area contributed by atoms with Gasteiger partial charge in [-0.1, -0.05) is 34.1 Å². The molecule has 1 aromatic rings. The first-order valence-corrected chi connectivity index (χ1v) is 8.28. The van der Waals surface area contributed by atoms with Crippen LogP contribution in [0, 0.1) is 5.92 Å². The van der Waals surface area contributed by atoms with E-state index < -0.39 is 10.0 Å². The molecule has 0 aromatic heterocycles. The summed E-state index contributed by atoms with van der Waals surface area (Å²) in [4.78, 5) is 0.127. The van der Waals surface area contributed by atoms with E-state index in [0.717, 1.165) is 18.4 Å². The van der Waals surface area contributed by atoms with E-state index in [9.17, 15) is 8.42 Å². The van der Waals surface area contributed by atoms with Gasteiger partial charge in [-0.3, -0.25) is 4.72 Å². The summed E-state index contributed by atoms with van der Waals surface area (Å²) in [5, 5.41) is 0. The van der Waals surface area contributed by atoms with Crippen LogP contribution in [0.3, 0.4) is 0 Å². The van der Waals surface area contributed by atoms with Crippen LogP contribution in [0.25, 0.3) is 0 Å². The predicted octanol–water partition coefficient (Wildman–Crippen LogP) is 3.29. The molecule has 1 fully saturated rings. The highest BCUT2D eigenvalue weighted by Gasteiger charge is 2.28. The van der Waals surface area contributed by atoms with Crippen molar-refractivity contribution in [1.82, 2.24) is 0 Å². The molecule has 94 valence electrons. The van der Waals surface area contributed by atoms with Gasteiger partial charge in [-0.25, -0.2) is 8.42 Å². The zero-order valence-electron chi connectivity index (χ0n) is 9.69. The van der Waals surface area contributed by atoms with Gasteiger partial charge in [0, 0.05) is 4.83 Å². The Morgan fingerprint density at radius 3 is 2.65 bits per heavy atom. The number of sulfonamides is 1. The number of alkyl halides is 1. The summed E-state index contributed by atoms with van der Waals surface area (Å²) < 4.78 is 26.5. The molecule has 0 amide bonds. The first kappa shape index (κ1) is 12.9. The standard InChI is InChI=1S/C12H16BrNO2S/c1-9(13)11-4-2-3-5-12(11)14-17(15,16)8-10-6-7-10/h2-5,9-10,14H,6-8H2,1H3. The highest BCUT2D eigenvalue weighted by molar-refractivity contribution is 9.09. The third-order valence-electron chi connectivity index (χ3n) is 2.81. The van der Waals surface area contributed by atoms with E-state index in [1.165, 1.54) is 0 Å². The number of nitrogens with one attached hydrogen (secondary N) is 1. The number of benzene rings is 1. The summed E-state index contributed by atoms with van der Waals surface area (Å²) >= 11 is 3.47. The Morgan fingerprint density at radius 2 is 2.06 bits per heavy atom. The smallest absolute Gasteiger partial charge is 0.233 e. The average Bonchev–Trinajstić information content (AvgIpc) is 3.00. The van der Waals surface area contributed by atoms with E-state index >= 15 is 0 Å². The van der Waals surface area contributed by atoms with Crippen LogP contribution in [-0.4, -0.2) is 14.2 Å². The highest BCUT2D eigenvalue weighted by atomic mass is 79.9. The van der Waals surface area contributed by atoms with Crippen LogP contribution in [0.2, 0.25) is 0 Å². The molecule has 1 aliphatic carbocycles. The largest absolute Gasteiger partial charge is 0.283 e. The molecule has 2 rings (SSSR count). The van der Waals surface area contributed by atoms with Crippen LogP contribution in [-0.2, 0) is 10.0 Å². The fourth-order valence-corrected chi connectivity index (χ4v) is 3.70. The molecule has 3 nitrogen and oxygen atoms in total. The van der Waals surface area contributed by atoms with Crippen LogP contribution >= 0.6 is 15.9 Å². The zero-order chi connectivity index (χ0) is 12.5. The van der Waals surface area contributed by atoms with E-state index in [4.69, 9.17) is 0 Å². The third kappa shape index (κ3) is 3.71. The summed E-state index contributed by atoms with van der Waals surface area (Å²) in [7, 11) is -3.20. The maximum Gasteiger partial charge on any atom is 0.233 e. The minimum Gasteiger partial charge on any atom is -0.283 e. The van der Waals surface area contributed by atoms with Gasteiger partial charge in [-0.15, -0.1) is 0 Å². The molecule has 1 N–H and O–H groups in total. The molecule has 0 aliphatic heterocycles. The molecule has 0 saturated heterocycles. The van der Waals surface area contributed by atoms with Crippen molar-refractivity contribution in [3.63, 3.8) is 0 Å². The van der Waals surface area contributed by atoms with Crippen molar-refractivity contribution in [3.8, 4) is 0 Å². The molecule has 1 aliphatic rings. The van der Waals surface area contributed by atoms with Crippen LogP contribution in [0.15, 0.2) is 24.3 Å². The number of halogens is 1. The summed E-state index contributed by atoms with van der Waals surface area (Å²) in [5.41, 5.74) is 1.64. The normalized spacial score (nSPS) is 17.8. The van der Waals surface area contributed by atoms with Gasteiger partial charge in [0.1, 0.15) is 0 Å². The van der Waals surface area contributed by atoms with E-state index in [1.807, 2.05) is 25.1 Å². The Morgan fingerprint density at radius 1 is 1.41 bits per heavy atom. The monoisotopic (exact) mass is 317 g/mol. The van der Waals surface area contributed by atoms with Crippen molar-refractivity contribution in [2.45, 2.75) is 24.6 Å². The molecule has 0 bridgehead atoms. The summed E-state index contributed by atoms with van der Waals surface area (Å²) in [6.07, 6.45) is 2.08. The molecule has 1 aromatic carbocycles. The van der Waals surface area contributed by atoms with Gasteiger partial charge in [-0.2, -0.15) is 0 Å². The third-order valence-corrected chi connectivity index (χ3v) is 4.74. The van der Waals surface area contributed by atoms with Crippen LogP contribution in [0.5, 0.6) is 0 Å². The second kappa shape index (κ2) is 4.98. The first-order chi connectivity index (χ1) is 7.98. The summed E-state index contributed by atoms with van der Waals surface area (Å²) in [6, 6.07) is 7.48. The lowest BCUT2D eigenvalue weighted by Crippen LogP contribution is -2.18. The fourth-order valence-electron chi connectivity index (χ4n) is 1.74. The maximum absolute atomic E-state index is 11.9. The van der Waals surface area contributed by atoms with Crippen molar-refractivity contribution >= 4 is 31.6 Å². The molecule has 5 heteroatoms. The Kier molecular flexibility index (Phi) is 3.78. The van der Waals surface area contributed by atoms with Gasteiger partial charge >= 0.3 is 0 Å². The number of para-hydroxylation sites is 1. The highest BCUT2D eigenvalue weighted by Crippen LogP contribution is 2.32. The minimum absolute atomic E-state index is 0.127. The van der Waals surface area contributed by atoms with E-state index in [0.29, 0.717) is 11.6 Å². The van der Waals surface area contributed by atoms with E-state index in [2.05, 4.69) is 20.7 Å². The van der Waals surface area contributed by atoms with Crippen molar-refractivity contribution in [3.05, 3.63) is 29.8 Å². The number of hydrogen-bond donors (Lipinski definition) is 1. The van der Waals surface area contributed by atoms with Gasteiger partial charge in [-0.05, 0) is 37.3 Å². The predicted molar refractivity (Wildman–Crippen MR) is 73.9 cm³/mol. The van der Waals surface area contributed by atoms with E-state index in [1.54, 1.807) is 6.07 Å². The van der Waals surface area contributed by atoms with Crippen molar-refractivity contribution in [2.75, 3.05) is 10.5 Å². The number of rotatable bonds is 5. The van der Waals surface area contributed by atoms with Crippen LogP contribution in [0.1, 0.15) is 30.2 Å². The van der Waals surface area contributed by atoms with Crippen molar-refractivity contribution in [1.29, 1.82) is 0 Å². The quantitative estimate of drug-likeness (QED) is 0.847. The topological polar surface area (TPSA) is 46.2 Å². The maximum atomic E-state index is 11.9. The Labute approximate surface area is 111 Å². The SMILES string of the molecule is CC(Br)c1ccccc1NS(=O)(=O)CC1CC1. The second-order valence-electron chi connectivity index (χ2n) is 4.53. The molecular formula is C12H16BrNO2S. The molecule has 1 unspecified atom stereocenters. The Hall–Kier alpha value is -0.550. The van der Waals surface area contributed by atoms with Crippen LogP contribution < -0.4 is 4.72 Å². The molecule has 0 spiro atoms.